The molecule has 1 saturated carbocycles. The summed E-state index contributed by atoms with van der Waals surface area (Å²) >= 11 is 0. The third-order valence-corrected chi connectivity index (χ3v) is 8.87. The predicted octanol–water partition coefficient (Wildman–Crippen LogP) is 4.76. The second-order valence-corrected chi connectivity index (χ2v) is 11.9. The first-order valence-electron chi connectivity index (χ1n) is 15.0. The maximum atomic E-state index is 13.9. The fourth-order valence-corrected chi connectivity index (χ4v) is 6.42. The average Bonchev–Trinajstić information content (AvgIpc) is 3.56. The number of aromatic nitrogens is 4. The Morgan fingerprint density at radius 1 is 0.957 bits per heavy atom. The molecule has 46 heavy (non-hydrogen) atoms. The van der Waals surface area contributed by atoms with Crippen LogP contribution in [-0.4, -0.2) is 60.9 Å². The summed E-state index contributed by atoms with van der Waals surface area (Å²) in [5.41, 5.74) is 1.23. The van der Waals surface area contributed by atoms with Crippen molar-refractivity contribution < 1.29 is 32.3 Å². The molecule has 0 spiro atoms. The lowest BCUT2D eigenvalue weighted by Gasteiger charge is -2.35. The van der Waals surface area contributed by atoms with Crippen LogP contribution in [-0.2, 0) is 15.8 Å². The Hall–Kier alpha value is -5.14. The standard InChI is InChI=1S/C32H28F3N7O4/c33-32(34,35)28-22(25-15-37-23-5-1-2-6-24(23)38-25)16-41(40-28)19-12-17(13-19)4-3-11-36-18-7-8-20-21(14-18)31(46)42(30(20)45)26-9-10-27(43)39-29(26)44/h1-2,5-8,14-17,19,26,36H,3-4,9-13H2,(H,39,43,44). The number of fused-ring (bicyclic) bond motifs is 2. The summed E-state index contributed by atoms with van der Waals surface area (Å²) in [6, 6.07) is 10.7. The van der Waals surface area contributed by atoms with E-state index in [0.717, 1.165) is 17.7 Å². The van der Waals surface area contributed by atoms with Crippen LogP contribution in [0.5, 0.6) is 0 Å². The van der Waals surface area contributed by atoms with Gasteiger partial charge in [0.15, 0.2) is 5.69 Å². The molecule has 1 saturated heterocycles. The summed E-state index contributed by atoms with van der Waals surface area (Å²) in [7, 11) is 0. The highest BCUT2D eigenvalue weighted by Crippen LogP contribution is 2.43. The quantitative estimate of drug-likeness (QED) is 0.210. The van der Waals surface area contributed by atoms with Crippen LogP contribution in [0.4, 0.5) is 18.9 Å². The lowest BCUT2D eigenvalue weighted by molar-refractivity contribution is -0.141. The molecule has 1 aliphatic carbocycles. The van der Waals surface area contributed by atoms with E-state index < -0.39 is 41.5 Å². The van der Waals surface area contributed by atoms with Crippen molar-refractivity contribution in [2.45, 2.75) is 56.8 Å². The molecule has 2 aromatic heterocycles. The van der Waals surface area contributed by atoms with Crippen LogP contribution in [0.3, 0.4) is 0 Å². The van der Waals surface area contributed by atoms with E-state index >= 15 is 0 Å². The van der Waals surface area contributed by atoms with E-state index in [4.69, 9.17) is 0 Å². The number of nitrogens with one attached hydrogen (secondary N) is 2. The molecular formula is C32H28F3N7O4. The fraction of sp³-hybridized carbons (Fsp3) is 0.344. The van der Waals surface area contributed by atoms with E-state index in [0.29, 0.717) is 42.0 Å². The zero-order chi connectivity index (χ0) is 32.2. The van der Waals surface area contributed by atoms with E-state index in [9.17, 15) is 32.3 Å². The molecule has 0 bridgehead atoms. The molecule has 14 heteroatoms. The van der Waals surface area contributed by atoms with Crippen molar-refractivity contribution in [2.24, 2.45) is 5.92 Å². The van der Waals surface area contributed by atoms with Crippen LogP contribution in [0.2, 0.25) is 0 Å². The van der Waals surface area contributed by atoms with Gasteiger partial charge in [0.1, 0.15) is 6.04 Å². The van der Waals surface area contributed by atoms with Crippen molar-refractivity contribution >= 4 is 40.3 Å². The monoisotopic (exact) mass is 631 g/mol. The van der Waals surface area contributed by atoms with Gasteiger partial charge in [-0.2, -0.15) is 18.3 Å². The maximum Gasteiger partial charge on any atom is 0.435 e. The van der Waals surface area contributed by atoms with Gasteiger partial charge in [0.25, 0.3) is 11.8 Å². The van der Waals surface area contributed by atoms with E-state index in [2.05, 4.69) is 25.7 Å². The van der Waals surface area contributed by atoms with Gasteiger partial charge in [-0.15, -0.1) is 0 Å². The molecule has 0 radical (unpaired) electrons. The Bertz CT molecular complexity index is 1900. The molecule has 1 atom stereocenters. The Balaban J connectivity index is 0.935. The highest BCUT2D eigenvalue weighted by atomic mass is 19.4. The lowest BCUT2D eigenvalue weighted by atomic mass is 9.77. The van der Waals surface area contributed by atoms with Gasteiger partial charge in [-0.25, -0.2) is 4.98 Å². The van der Waals surface area contributed by atoms with Crippen LogP contribution in [0, 0.1) is 5.92 Å². The summed E-state index contributed by atoms with van der Waals surface area (Å²) in [6.07, 6.45) is 1.32. The third kappa shape index (κ3) is 5.37. The lowest BCUT2D eigenvalue weighted by Crippen LogP contribution is -2.54. The number of rotatable bonds is 8. The smallest absolute Gasteiger partial charge is 0.385 e. The minimum atomic E-state index is -4.64. The number of hydrogen-bond donors (Lipinski definition) is 2. The normalized spacial score (nSPS) is 21.4. The summed E-state index contributed by atoms with van der Waals surface area (Å²) in [5.74, 6) is -1.88. The number of carbonyl (C=O) groups is 4. The number of amides is 4. The van der Waals surface area contributed by atoms with Gasteiger partial charge in [0.2, 0.25) is 11.8 Å². The van der Waals surface area contributed by atoms with Gasteiger partial charge in [-0.1, -0.05) is 12.1 Å². The summed E-state index contributed by atoms with van der Waals surface area (Å²) < 4.78 is 43.2. The molecule has 236 valence electrons. The van der Waals surface area contributed by atoms with Gasteiger partial charge in [0.05, 0.1) is 45.7 Å². The minimum Gasteiger partial charge on any atom is -0.385 e. The minimum absolute atomic E-state index is 0.0520. The van der Waals surface area contributed by atoms with Crippen molar-refractivity contribution in [1.82, 2.24) is 30.0 Å². The average molecular weight is 632 g/mol. The maximum absolute atomic E-state index is 13.9. The van der Waals surface area contributed by atoms with Crippen LogP contribution in [0.25, 0.3) is 22.3 Å². The van der Waals surface area contributed by atoms with Crippen molar-refractivity contribution in [3.05, 3.63) is 71.7 Å². The fourth-order valence-electron chi connectivity index (χ4n) is 6.42. The molecular weight excluding hydrogens is 603 g/mol. The zero-order valence-electron chi connectivity index (χ0n) is 24.4. The Labute approximate surface area is 260 Å². The number of nitrogens with zero attached hydrogens (tertiary/aromatic N) is 5. The van der Waals surface area contributed by atoms with Crippen LogP contribution >= 0.6 is 0 Å². The van der Waals surface area contributed by atoms with Gasteiger partial charge in [0, 0.05) is 24.8 Å². The van der Waals surface area contributed by atoms with Gasteiger partial charge < -0.3 is 5.32 Å². The molecule has 2 aromatic carbocycles. The van der Waals surface area contributed by atoms with Gasteiger partial charge >= 0.3 is 6.18 Å². The zero-order valence-corrected chi connectivity index (χ0v) is 24.4. The topological polar surface area (TPSA) is 139 Å². The number of para-hydroxylation sites is 2. The molecule has 2 fully saturated rings. The highest BCUT2D eigenvalue weighted by Gasteiger charge is 2.45. The number of anilines is 1. The number of piperidine rings is 1. The second kappa shape index (κ2) is 11.3. The molecule has 1 unspecified atom stereocenters. The van der Waals surface area contributed by atoms with Crippen LogP contribution < -0.4 is 10.6 Å². The first-order valence-corrected chi connectivity index (χ1v) is 15.0. The van der Waals surface area contributed by atoms with E-state index in [-0.39, 0.29) is 41.3 Å². The van der Waals surface area contributed by atoms with Crippen LogP contribution in [0.15, 0.2) is 54.9 Å². The summed E-state index contributed by atoms with van der Waals surface area (Å²) in [4.78, 5) is 59.3. The van der Waals surface area contributed by atoms with Gasteiger partial charge in [-0.3, -0.25) is 39.1 Å². The van der Waals surface area contributed by atoms with E-state index in [1.54, 1.807) is 42.5 Å². The molecule has 4 amide bonds. The third-order valence-electron chi connectivity index (χ3n) is 8.87. The predicted molar refractivity (Wildman–Crippen MR) is 158 cm³/mol. The molecule has 2 aliphatic heterocycles. The Kier molecular flexibility index (Phi) is 7.29. The number of carbonyl (C=O) groups excluding carboxylic acids is 4. The molecule has 4 aromatic rings. The molecule has 7 rings (SSSR count). The summed E-state index contributed by atoms with van der Waals surface area (Å²) in [6.45, 7) is 0.587. The van der Waals surface area contributed by atoms with Crippen molar-refractivity contribution in [1.29, 1.82) is 0 Å². The van der Waals surface area contributed by atoms with Crippen molar-refractivity contribution in [2.75, 3.05) is 11.9 Å². The Morgan fingerprint density at radius 2 is 1.72 bits per heavy atom. The summed E-state index contributed by atoms with van der Waals surface area (Å²) in [5, 5.41) is 9.38. The Morgan fingerprint density at radius 3 is 2.48 bits per heavy atom. The van der Waals surface area contributed by atoms with E-state index in [1.165, 1.54) is 17.1 Å². The second-order valence-electron chi connectivity index (χ2n) is 11.9. The SMILES string of the molecule is O=C1CCC(N2C(=O)c3ccc(NCCCC4CC(n5cc(-c6cnc7ccccc7n6)c(C(F)(F)F)n5)C4)cc3C2=O)C(=O)N1. The molecule has 4 heterocycles. The first-order chi connectivity index (χ1) is 22.1. The van der Waals surface area contributed by atoms with E-state index in [1.807, 2.05) is 0 Å². The number of hydrogen-bond acceptors (Lipinski definition) is 8. The molecule has 11 nitrogen and oxygen atoms in total. The van der Waals surface area contributed by atoms with Crippen LogP contribution in [0.1, 0.15) is 71.0 Å². The number of imide groups is 2. The highest BCUT2D eigenvalue weighted by molar-refractivity contribution is 6.23. The number of alkyl halides is 3. The molecule has 2 N–H and O–H groups in total. The first kappa shape index (κ1) is 29.6. The van der Waals surface area contributed by atoms with Crippen molar-refractivity contribution in [3.63, 3.8) is 0 Å². The number of benzene rings is 2. The van der Waals surface area contributed by atoms with Crippen molar-refractivity contribution in [3.8, 4) is 11.3 Å². The number of halogens is 3. The molecule has 3 aliphatic rings. The largest absolute Gasteiger partial charge is 0.435 e. The van der Waals surface area contributed by atoms with Gasteiger partial charge in [-0.05, 0) is 68.4 Å².